The van der Waals surface area contributed by atoms with Gasteiger partial charge in [-0.15, -0.1) is 0 Å². The lowest BCUT2D eigenvalue weighted by molar-refractivity contribution is -0.132. The summed E-state index contributed by atoms with van der Waals surface area (Å²) in [6.07, 6.45) is 0.947. The van der Waals surface area contributed by atoms with E-state index in [0.717, 1.165) is 29.5 Å². The van der Waals surface area contributed by atoms with E-state index in [9.17, 15) is 9.90 Å². The first-order valence-electron chi connectivity index (χ1n) is 7.39. The van der Waals surface area contributed by atoms with Crippen molar-refractivity contribution in [3.05, 3.63) is 65.2 Å². The molecule has 2 atom stereocenters. The zero-order chi connectivity index (χ0) is 15.5. The van der Waals surface area contributed by atoms with Crippen molar-refractivity contribution in [3.8, 4) is 5.75 Å². The summed E-state index contributed by atoms with van der Waals surface area (Å²) in [5.41, 5.74) is 2.76. The van der Waals surface area contributed by atoms with Crippen LogP contribution in [0.5, 0.6) is 5.75 Å². The molecule has 3 rings (SSSR count). The number of ether oxygens (including phenoxy) is 1. The zero-order valence-corrected chi connectivity index (χ0v) is 12.5. The number of methoxy groups -OCH3 is 1. The van der Waals surface area contributed by atoms with E-state index in [1.165, 1.54) is 7.11 Å². The highest BCUT2D eigenvalue weighted by Crippen LogP contribution is 2.36. The third-order valence-electron chi connectivity index (χ3n) is 4.14. The number of nitrogens with one attached hydrogen (secondary N) is 1. The van der Waals surface area contributed by atoms with Crippen molar-refractivity contribution in [1.82, 2.24) is 5.32 Å². The molecule has 0 heterocycles. The number of hydrogen-bond donors (Lipinski definition) is 2. The fourth-order valence-corrected chi connectivity index (χ4v) is 3.05. The van der Waals surface area contributed by atoms with Crippen LogP contribution in [0.2, 0.25) is 0 Å². The van der Waals surface area contributed by atoms with Gasteiger partial charge in [0.2, 0.25) is 0 Å². The largest absolute Gasteiger partial charge is 0.508 e. The molecule has 1 amide bonds. The molecule has 0 unspecified atom stereocenters. The van der Waals surface area contributed by atoms with Gasteiger partial charge < -0.3 is 15.2 Å². The van der Waals surface area contributed by atoms with Gasteiger partial charge in [0.25, 0.3) is 5.91 Å². The summed E-state index contributed by atoms with van der Waals surface area (Å²) in [5, 5.41) is 12.9. The molecule has 114 valence electrons. The lowest BCUT2D eigenvalue weighted by Gasteiger charge is -2.20. The van der Waals surface area contributed by atoms with Crippen molar-refractivity contribution in [3.63, 3.8) is 0 Å². The number of carbonyl (C=O) groups is 1. The van der Waals surface area contributed by atoms with Gasteiger partial charge in [0, 0.05) is 7.11 Å². The first-order valence-corrected chi connectivity index (χ1v) is 7.39. The summed E-state index contributed by atoms with van der Waals surface area (Å²) in [6, 6.07) is 14.8. The van der Waals surface area contributed by atoms with Gasteiger partial charge >= 0.3 is 0 Å². The Labute approximate surface area is 129 Å². The molecule has 0 saturated heterocycles. The molecule has 4 nitrogen and oxygen atoms in total. The fraction of sp³-hybridized carbons (Fsp3) is 0.278. The van der Waals surface area contributed by atoms with Crippen molar-refractivity contribution >= 4 is 5.91 Å². The predicted molar refractivity (Wildman–Crippen MR) is 83.5 cm³/mol. The van der Waals surface area contributed by atoms with Crippen molar-refractivity contribution in [2.75, 3.05) is 7.11 Å². The van der Waals surface area contributed by atoms with Gasteiger partial charge in [-0.1, -0.05) is 42.5 Å². The zero-order valence-electron chi connectivity index (χ0n) is 12.5. The van der Waals surface area contributed by atoms with Crippen LogP contribution in [0, 0.1) is 0 Å². The van der Waals surface area contributed by atoms with Gasteiger partial charge in [-0.25, -0.2) is 0 Å². The predicted octanol–water partition coefficient (Wildman–Crippen LogP) is 2.88. The Kier molecular flexibility index (Phi) is 4.11. The number of rotatable bonds is 4. The normalized spacial score (nSPS) is 17.8. The lowest BCUT2D eigenvalue weighted by atomic mass is 10.1. The second-order valence-electron chi connectivity index (χ2n) is 5.47. The molecular weight excluding hydrogens is 278 g/mol. The molecular formula is C18H19NO3. The Morgan fingerprint density at radius 1 is 1.23 bits per heavy atom. The molecule has 0 aromatic heterocycles. The average Bonchev–Trinajstić information content (AvgIpc) is 2.94. The molecule has 2 aromatic rings. The second-order valence-corrected chi connectivity index (χ2v) is 5.47. The van der Waals surface area contributed by atoms with Crippen LogP contribution >= 0.6 is 0 Å². The number of amides is 1. The van der Waals surface area contributed by atoms with Crippen molar-refractivity contribution in [1.29, 1.82) is 0 Å². The van der Waals surface area contributed by atoms with Crippen LogP contribution in [0.3, 0.4) is 0 Å². The minimum Gasteiger partial charge on any atom is -0.508 e. The lowest BCUT2D eigenvalue weighted by Crippen LogP contribution is -2.32. The highest BCUT2D eigenvalue weighted by molar-refractivity contribution is 5.82. The smallest absolute Gasteiger partial charge is 0.254 e. The SMILES string of the molecule is CO[C@@H](C(=O)N[C@H]1CCc2c(O)cccc21)c1ccccc1. The molecule has 0 radical (unpaired) electrons. The Balaban J connectivity index is 1.77. The van der Waals surface area contributed by atoms with E-state index in [4.69, 9.17) is 4.74 Å². The quantitative estimate of drug-likeness (QED) is 0.912. The molecule has 4 heteroatoms. The standard InChI is InChI=1S/C18H19NO3/c1-22-17(12-6-3-2-4-7-12)18(21)19-15-11-10-14-13(15)8-5-9-16(14)20/h2-9,15,17,20H,10-11H2,1H3,(H,19,21)/t15-,17+/m0/s1. The number of phenolic OH excluding ortho intramolecular Hbond substituents is 1. The highest BCUT2D eigenvalue weighted by Gasteiger charge is 2.29. The van der Waals surface area contributed by atoms with Crippen LogP contribution in [-0.4, -0.2) is 18.1 Å². The molecule has 22 heavy (non-hydrogen) atoms. The van der Waals surface area contributed by atoms with Crippen LogP contribution in [0.15, 0.2) is 48.5 Å². The molecule has 0 fully saturated rings. The topological polar surface area (TPSA) is 58.6 Å². The Morgan fingerprint density at radius 3 is 2.73 bits per heavy atom. The van der Waals surface area contributed by atoms with Crippen LogP contribution in [-0.2, 0) is 16.0 Å². The third-order valence-corrected chi connectivity index (χ3v) is 4.14. The molecule has 1 aliphatic rings. The number of phenols is 1. The first kappa shape index (κ1) is 14.6. The van der Waals surface area contributed by atoms with Gasteiger partial charge in [0.1, 0.15) is 5.75 Å². The Bertz CT molecular complexity index is 669. The second kappa shape index (κ2) is 6.20. The molecule has 2 N–H and O–H groups in total. The minimum atomic E-state index is -0.623. The summed E-state index contributed by atoms with van der Waals surface area (Å²) >= 11 is 0. The maximum Gasteiger partial charge on any atom is 0.254 e. The van der Waals surface area contributed by atoms with E-state index in [1.54, 1.807) is 6.07 Å². The maximum atomic E-state index is 12.5. The first-order chi connectivity index (χ1) is 10.7. The number of hydrogen-bond acceptors (Lipinski definition) is 3. The van der Waals surface area contributed by atoms with E-state index < -0.39 is 6.10 Å². The summed E-state index contributed by atoms with van der Waals surface area (Å²) in [5.74, 6) is 0.149. The van der Waals surface area contributed by atoms with E-state index in [1.807, 2.05) is 42.5 Å². The fourth-order valence-electron chi connectivity index (χ4n) is 3.05. The van der Waals surface area contributed by atoms with E-state index in [0.29, 0.717) is 5.75 Å². The van der Waals surface area contributed by atoms with E-state index >= 15 is 0 Å². The molecule has 2 aromatic carbocycles. The summed E-state index contributed by atoms with van der Waals surface area (Å²) in [7, 11) is 1.53. The number of benzene rings is 2. The van der Waals surface area contributed by atoms with Crippen LogP contribution in [0.25, 0.3) is 0 Å². The molecule has 0 bridgehead atoms. The summed E-state index contributed by atoms with van der Waals surface area (Å²) in [6.45, 7) is 0. The van der Waals surface area contributed by atoms with Crippen LogP contribution in [0.4, 0.5) is 0 Å². The van der Waals surface area contributed by atoms with Crippen molar-refractivity contribution in [2.45, 2.75) is 25.0 Å². The molecule has 0 spiro atoms. The maximum absolute atomic E-state index is 12.5. The summed E-state index contributed by atoms with van der Waals surface area (Å²) in [4.78, 5) is 12.5. The third kappa shape index (κ3) is 2.70. The number of fused-ring (bicyclic) bond motifs is 1. The van der Waals surface area contributed by atoms with E-state index in [-0.39, 0.29) is 11.9 Å². The van der Waals surface area contributed by atoms with Gasteiger partial charge in [0.15, 0.2) is 6.10 Å². The molecule has 0 saturated carbocycles. The van der Waals surface area contributed by atoms with Crippen LogP contribution < -0.4 is 5.32 Å². The highest BCUT2D eigenvalue weighted by atomic mass is 16.5. The van der Waals surface area contributed by atoms with Gasteiger partial charge in [0.05, 0.1) is 6.04 Å². The van der Waals surface area contributed by atoms with E-state index in [2.05, 4.69) is 5.32 Å². The average molecular weight is 297 g/mol. The van der Waals surface area contributed by atoms with Crippen LogP contribution in [0.1, 0.15) is 35.3 Å². The van der Waals surface area contributed by atoms with Gasteiger partial charge in [-0.05, 0) is 35.6 Å². The molecule has 0 aliphatic heterocycles. The Hall–Kier alpha value is -2.33. The summed E-state index contributed by atoms with van der Waals surface area (Å²) < 4.78 is 5.36. The van der Waals surface area contributed by atoms with Gasteiger partial charge in [-0.3, -0.25) is 4.79 Å². The van der Waals surface area contributed by atoms with Crippen molar-refractivity contribution < 1.29 is 14.6 Å². The van der Waals surface area contributed by atoms with Gasteiger partial charge in [-0.2, -0.15) is 0 Å². The number of carbonyl (C=O) groups excluding carboxylic acids is 1. The molecule has 1 aliphatic carbocycles. The monoisotopic (exact) mass is 297 g/mol. The van der Waals surface area contributed by atoms with Crippen molar-refractivity contribution in [2.24, 2.45) is 0 Å². The Morgan fingerprint density at radius 2 is 2.00 bits per heavy atom. The number of aromatic hydroxyl groups is 1. The minimum absolute atomic E-state index is 0.0732.